The largest absolute Gasteiger partial charge is 0.493 e. The van der Waals surface area contributed by atoms with Crippen LogP contribution in [0.3, 0.4) is 0 Å². The van der Waals surface area contributed by atoms with E-state index in [-0.39, 0.29) is 29.7 Å². The number of sulfone groups is 1. The summed E-state index contributed by atoms with van der Waals surface area (Å²) < 4.78 is 29.0. The molecule has 1 amide bonds. The summed E-state index contributed by atoms with van der Waals surface area (Å²) in [7, 11) is -2.86. The molecule has 1 aromatic carbocycles. The maximum atomic E-state index is 12.7. The average Bonchev–Trinajstić information content (AvgIpc) is 3.02. The standard InChI is InChI=1S/C19H26N2O4S/c22-19(20-17-7-11-25-18-4-2-1-3-16(17)18)14-5-9-21(10-6-14)15-8-12-26(23,24)13-15/h1-4,14-15,17H,5-13H2,(H,20,22)/t15-,17+/m1/s1. The Hall–Kier alpha value is -1.60. The Morgan fingerprint density at radius 3 is 2.62 bits per heavy atom. The highest BCUT2D eigenvalue weighted by Crippen LogP contribution is 2.32. The molecule has 3 aliphatic heterocycles. The topological polar surface area (TPSA) is 75.7 Å². The summed E-state index contributed by atoms with van der Waals surface area (Å²) in [6, 6.07) is 8.05. The predicted molar refractivity (Wildman–Crippen MR) is 98.8 cm³/mol. The van der Waals surface area contributed by atoms with E-state index in [1.807, 2.05) is 24.3 Å². The number of hydrogen-bond donors (Lipinski definition) is 1. The minimum atomic E-state index is -2.86. The van der Waals surface area contributed by atoms with Gasteiger partial charge < -0.3 is 10.1 Å². The third kappa shape index (κ3) is 3.74. The Bertz CT molecular complexity index is 771. The van der Waals surface area contributed by atoms with Crippen molar-refractivity contribution in [2.24, 2.45) is 5.92 Å². The summed E-state index contributed by atoms with van der Waals surface area (Å²) >= 11 is 0. The number of ether oxygens (including phenoxy) is 1. The van der Waals surface area contributed by atoms with Crippen LogP contribution in [0.15, 0.2) is 24.3 Å². The highest BCUT2D eigenvalue weighted by atomic mass is 32.2. The van der Waals surface area contributed by atoms with Crippen LogP contribution in [0.25, 0.3) is 0 Å². The van der Waals surface area contributed by atoms with E-state index in [1.165, 1.54) is 0 Å². The van der Waals surface area contributed by atoms with Crippen LogP contribution in [0, 0.1) is 5.92 Å². The van der Waals surface area contributed by atoms with Gasteiger partial charge in [0.05, 0.1) is 24.2 Å². The van der Waals surface area contributed by atoms with Crippen molar-refractivity contribution in [2.75, 3.05) is 31.2 Å². The number of nitrogens with one attached hydrogen (secondary N) is 1. The van der Waals surface area contributed by atoms with Crippen LogP contribution in [0.5, 0.6) is 5.75 Å². The molecule has 0 spiro atoms. The molecule has 4 rings (SSSR count). The molecule has 0 aliphatic carbocycles. The van der Waals surface area contributed by atoms with Gasteiger partial charge in [0.25, 0.3) is 0 Å². The maximum Gasteiger partial charge on any atom is 0.223 e. The van der Waals surface area contributed by atoms with Gasteiger partial charge in [-0.3, -0.25) is 9.69 Å². The molecule has 0 radical (unpaired) electrons. The monoisotopic (exact) mass is 378 g/mol. The third-order valence-corrected chi connectivity index (χ3v) is 7.65. The Morgan fingerprint density at radius 1 is 1.12 bits per heavy atom. The van der Waals surface area contributed by atoms with E-state index in [0.29, 0.717) is 12.4 Å². The van der Waals surface area contributed by atoms with Crippen molar-refractivity contribution >= 4 is 15.7 Å². The van der Waals surface area contributed by atoms with Gasteiger partial charge in [-0.15, -0.1) is 0 Å². The number of amides is 1. The zero-order valence-electron chi connectivity index (χ0n) is 14.9. The number of benzene rings is 1. The van der Waals surface area contributed by atoms with E-state index in [0.717, 1.165) is 50.1 Å². The van der Waals surface area contributed by atoms with Gasteiger partial charge >= 0.3 is 0 Å². The second-order valence-corrected chi connectivity index (χ2v) is 9.83. The van der Waals surface area contributed by atoms with E-state index in [4.69, 9.17) is 4.74 Å². The van der Waals surface area contributed by atoms with E-state index < -0.39 is 9.84 Å². The fraction of sp³-hybridized carbons (Fsp3) is 0.632. The molecule has 1 N–H and O–H groups in total. The summed E-state index contributed by atoms with van der Waals surface area (Å²) in [6.07, 6.45) is 3.13. The number of para-hydroxylation sites is 1. The first-order valence-corrected chi connectivity index (χ1v) is 11.3. The van der Waals surface area contributed by atoms with E-state index >= 15 is 0 Å². The number of rotatable bonds is 3. The zero-order chi connectivity index (χ0) is 18.1. The number of carbonyl (C=O) groups excluding carboxylic acids is 1. The Kier molecular flexibility index (Phi) is 4.92. The summed E-state index contributed by atoms with van der Waals surface area (Å²) in [6.45, 7) is 2.24. The second kappa shape index (κ2) is 7.19. The molecule has 26 heavy (non-hydrogen) atoms. The molecular formula is C19H26N2O4S. The summed E-state index contributed by atoms with van der Waals surface area (Å²) in [5.74, 6) is 1.58. The van der Waals surface area contributed by atoms with Crippen molar-refractivity contribution in [3.8, 4) is 5.75 Å². The van der Waals surface area contributed by atoms with Gasteiger partial charge in [0.1, 0.15) is 5.75 Å². The van der Waals surface area contributed by atoms with Crippen LogP contribution < -0.4 is 10.1 Å². The van der Waals surface area contributed by atoms with Gasteiger partial charge in [0.15, 0.2) is 9.84 Å². The van der Waals surface area contributed by atoms with E-state index in [2.05, 4.69) is 10.2 Å². The molecule has 7 heteroatoms. The van der Waals surface area contributed by atoms with Crippen molar-refractivity contribution in [2.45, 2.75) is 37.8 Å². The van der Waals surface area contributed by atoms with Crippen molar-refractivity contribution in [1.82, 2.24) is 10.2 Å². The quantitative estimate of drug-likeness (QED) is 0.863. The van der Waals surface area contributed by atoms with E-state index in [1.54, 1.807) is 0 Å². The van der Waals surface area contributed by atoms with Gasteiger partial charge in [0, 0.05) is 23.9 Å². The highest BCUT2D eigenvalue weighted by Gasteiger charge is 2.35. The molecule has 0 aromatic heterocycles. The minimum Gasteiger partial charge on any atom is -0.493 e. The highest BCUT2D eigenvalue weighted by molar-refractivity contribution is 7.91. The van der Waals surface area contributed by atoms with Crippen LogP contribution in [0.4, 0.5) is 0 Å². The lowest BCUT2D eigenvalue weighted by atomic mass is 9.93. The fourth-order valence-electron chi connectivity index (χ4n) is 4.37. The Balaban J connectivity index is 1.32. The Morgan fingerprint density at radius 2 is 1.88 bits per heavy atom. The van der Waals surface area contributed by atoms with Gasteiger partial charge in [-0.2, -0.15) is 0 Å². The molecular weight excluding hydrogens is 352 g/mol. The lowest BCUT2D eigenvalue weighted by molar-refractivity contribution is -0.127. The van der Waals surface area contributed by atoms with Gasteiger partial charge in [-0.25, -0.2) is 8.42 Å². The molecule has 3 heterocycles. The number of carbonyl (C=O) groups is 1. The summed E-state index contributed by atoms with van der Waals surface area (Å²) in [5, 5.41) is 3.21. The number of fused-ring (bicyclic) bond motifs is 1. The zero-order valence-corrected chi connectivity index (χ0v) is 15.7. The first-order valence-electron chi connectivity index (χ1n) is 9.48. The van der Waals surface area contributed by atoms with Crippen molar-refractivity contribution in [3.63, 3.8) is 0 Å². The molecule has 142 valence electrons. The molecule has 2 atom stereocenters. The first-order chi connectivity index (χ1) is 12.5. The number of nitrogens with zero attached hydrogens (tertiary/aromatic N) is 1. The molecule has 1 aromatic rings. The Labute approximate surface area is 154 Å². The van der Waals surface area contributed by atoms with Crippen LogP contribution >= 0.6 is 0 Å². The van der Waals surface area contributed by atoms with E-state index in [9.17, 15) is 13.2 Å². The van der Waals surface area contributed by atoms with Crippen molar-refractivity contribution in [3.05, 3.63) is 29.8 Å². The molecule has 3 aliphatic rings. The van der Waals surface area contributed by atoms with Crippen LogP contribution in [0.2, 0.25) is 0 Å². The number of likely N-dealkylation sites (tertiary alicyclic amines) is 1. The van der Waals surface area contributed by atoms with Gasteiger partial charge in [0.2, 0.25) is 5.91 Å². The van der Waals surface area contributed by atoms with Crippen LogP contribution in [0.1, 0.15) is 37.3 Å². The molecule has 6 nitrogen and oxygen atoms in total. The third-order valence-electron chi connectivity index (χ3n) is 5.90. The molecule has 0 saturated carbocycles. The van der Waals surface area contributed by atoms with Crippen molar-refractivity contribution < 1.29 is 17.9 Å². The fourth-order valence-corrected chi connectivity index (χ4v) is 6.13. The molecule has 0 bridgehead atoms. The van der Waals surface area contributed by atoms with Crippen LogP contribution in [-0.4, -0.2) is 56.5 Å². The lowest BCUT2D eigenvalue weighted by Gasteiger charge is -2.36. The smallest absolute Gasteiger partial charge is 0.223 e. The number of hydrogen-bond acceptors (Lipinski definition) is 5. The van der Waals surface area contributed by atoms with Crippen LogP contribution in [-0.2, 0) is 14.6 Å². The summed E-state index contributed by atoms with van der Waals surface area (Å²) in [5.41, 5.74) is 1.06. The molecule has 0 unspecified atom stereocenters. The second-order valence-electron chi connectivity index (χ2n) is 7.60. The summed E-state index contributed by atoms with van der Waals surface area (Å²) in [4.78, 5) is 15.0. The first kappa shape index (κ1) is 17.8. The molecule has 2 fully saturated rings. The van der Waals surface area contributed by atoms with Gasteiger partial charge in [-0.05, 0) is 38.4 Å². The minimum absolute atomic E-state index is 0.0132. The maximum absolute atomic E-state index is 12.7. The average molecular weight is 378 g/mol. The normalized spacial score (nSPS) is 28.9. The lowest BCUT2D eigenvalue weighted by Crippen LogP contribution is -2.46. The molecule has 2 saturated heterocycles. The van der Waals surface area contributed by atoms with Crippen molar-refractivity contribution in [1.29, 1.82) is 0 Å². The SMILES string of the molecule is O=C(N[C@H]1CCOc2ccccc21)C1CCN([C@@H]2CCS(=O)(=O)C2)CC1. The van der Waals surface area contributed by atoms with Gasteiger partial charge in [-0.1, -0.05) is 18.2 Å². The predicted octanol–water partition coefficient (Wildman–Crippen LogP) is 1.53. The number of piperidine rings is 1.